The molecule has 1 atom stereocenters. The lowest BCUT2D eigenvalue weighted by Crippen LogP contribution is -2.41. The number of fused-ring (bicyclic) bond motifs is 1. The summed E-state index contributed by atoms with van der Waals surface area (Å²) in [7, 11) is 1.73. The molecule has 1 aromatic carbocycles. The zero-order valence-electron chi connectivity index (χ0n) is 11.6. The monoisotopic (exact) mass is 276 g/mol. The molecule has 102 valence electrons. The number of thioether (sulfide) groups is 1. The van der Waals surface area contributed by atoms with Crippen molar-refractivity contribution in [1.82, 2.24) is 4.90 Å². The highest BCUT2D eigenvalue weighted by Gasteiger charge is 2.26. The van der Waals surface area contributed by atoms with Crippen LogP contribution in [0, 0.1) is 11.3 Å². The zero-order chi connectivity index (χ0) is 13.7. The van der Waals surface area contributed by atoms with Gasteiger partial charge in [-0.2, -0.15) is 5.26 Å². The Bertz CT molecular complexity index is 455. The Morgan fingerprint density at radius 1 is 1.53 bits per heavy atom. The van der Waals surface area contributed by atoms with Crippen LogP contribution in [-0.4, -0.2) is 36.9 Å². The molecular weight excluding hydrogens is 256 g/mol. The van der Waals surface area contributed by atoms with Crippen molar-refractivity contribution in [1.29, 1.82) is 5.26 Å². The normalized spacial score (nSPS) is 17.9. The Kier molecular flexibility index (Phi) is 5.12. The number of nitriles is 1. The molecule has 1 heterocycles. The Balaban J connectivity index is 2.18. The number of hydrogen-bond acceptors (Lipinski definition) is 4. The fourth-order valence-corrected chi connectivity index (χ4v) is 3.79. The van der Waals surface area contributed by atoms with Gasteiger partial charge in [0.15, 0.2) is 0 Å². The summed E-state index contributed by atoms with van der Waals surface area (Å²) >= 11 is 1.88. The maximum atomic E-state index is 8.97. The largest absolute Gasteiger partial charge is 0.496 e. The summed E-state index contributed by atoms with van der Waals surface area (Å²) in [6.07, 6.45) is 2.07. The van der Waals surface area contributed by atoms with E-state index in [1.807, 2.05) is 23.9 Å². The topological polar surface area (TPSA) is 36.3 Å². The van der Waals surface area contributed by atoms with Crippen LogP contribution in [0.5, 0.6) is 5.75 Å². The lowest BCUT2D eigenvalue weighted by atomic mass is 10.0. The first kappa shape index (κ1) is 14.2. The summed E-state index contributed by atoms with van der Waals surface area (Å²) in [5, 5.41) is 8.97. The van der Waals surface area contributed by atoms with Crippen LogP contribution in [0.2, 0.25) is 0 Å². The van der Waals surface area contributed by atoms with Gasteiger partial charge in [0.05, 0.1) is 19.7 Å². The average Bonchev–Trinajstić information content (AvgIpc) is 2.46. The summed E-state index contributed by atoms with van der Waals surface area (Å²) in [6.45, 7) is 3.67. The summed E-state index contributed by atoms with van der Waals surface area (Å²) < 4.78 is 5.46. The lowest BCUT2D eigenvalue weighted by Gasteiger charge is -2.33. The molecule has 0 radical (unpaired) electrons. The van der Waals surface area contributed by atoms with Gasteiger partial charge in [0.25, 0.3) is 0 Å². The van der Waals surface area contributed by atoms with Crippen LogP contribution in [0.15, 0.2) is 23.1 Å². The summed E-state index contributed by atoms with van der Waals surface area (Å²) in [4.78, 5) is 3.62. The van der Waals surface area contributed by atoms with Crippen molar-refractivity contribution in [3.8, 4) is 11.8 Å². The first-order chi connectivity index (χ1) is 9.30. The van der Waals surface area contributed by atoms with E-state index < -0.39 is 0 Å². The van der Waals surface area contributed by atoms with Crippen LogP contribution >= 0.6 is 11.8 Å². The average molecular weight is 276 g/mol. The van der Waals surface area contributed by atoms with Gasteiger partial charge in [-0.1, -0.05) is 13.0 Å². The standard InChI is InChI=1S/C15H20N2OS/c1-3-8-17(9-7-16)12-10-13-14(18-2)5-4-6-15(13)19-11-12/h4-6,12H,3,8-11H2,1-2H3. The van der Waals surface area contributed by atoms with Crippen molar-refractivity contribution in [2.75, 3.05) is 26.0 Å². The second kappa shape index (κ2) is 6.83. The first-order valence-corrected chi connectivity index (χ1v) is 7.68. The van der Waals surface area contributed by atoms with Gasteiger partial charge in [0, 0.05) is 22.3 Å². The van der Waals surface area contributed by atoms with E-state index in [9.17, 15) is 0 Å². The molecule has 0 fully saturated rings. The molecule has 2 rings (SSSR count). The smallest absolute Gasteiger partial charge is 0.123 e. The van der Waals surface area contributed by atoms with E-state index in [4.69, 9.17) is 10.00 Å². The number of ether oxygens (including phenoxy) is 1. The number of rotatable bonds is 5. The highest BCUT2D eigenvalue weighted by Crippen LogP contribution is 2.37. The van der Waals surface area contributed by atoms with Gasteiger partial charge in [0.2, 0.25) is 0 Å². The second-order valence-corrected chi connectivity index (χ2v) is 5.80. The molecular formula is C15H20N2OS. The van der Waals surface area contributed by atoms with Gasteiger partial charge in [-0.15, -0.1) is 11.8 Å². The molecule has 1 aliphatic heterocycles. The highest BCUT2D eigenvalue weighted by molar-refractivity contribution is 7.99. The van der Waals surface area contributed by atoms with E-state index in [1.165, 1.54) is 10.5 Å². The third kappa shape index (κ3) is 3.23. The van der Waals surface area contributed by atoms with Gasteiger partial charge in [0.1, 0.15) is 5.75 Å². The fourth-order valence-electron chi connectivity index (χ4n) is 2.56. The molecule has 0 aliphatic carbocycles. The minimum atomic E-state index is 0.438. The number of benzene rings is 1. The van der Waals surface area contributed by atoms with Crippen molar-refractivity contribution in [2.45, 2.75) is 30.7 Å². The third-order valence-electron chi connectivity index (χ3n) is 3.48. The fraction of sp³-hybridized carbons (Fsp3) is 0.533. The molecule has 0 saturated carbocycles. The molecule has 0 amide bonds. The minimum absolute atomic E-state index is 0.438. The molecule has 0 bridgehead atoms. The molecule has 0 spiro atoms. The van der Waals surface area contributed by atoms with Gasteiger partial charge in [-0.25, -0.2) is 0 Å². The molecule has 4 heteroatoms. The first-order valence-electron chi connectivity index (χ1n) is 6.69. The Morgan fingerprint density at radius 3 is 3.05 bits per heavy atom. The van der Waals surface area contributed by atoms with E-state index in [-0.39, 0.29) is 0 Å². The van der Waals surface area contributed by atoms with Crippen molar-refractivity contribution in [3.63, 3.8) is 0 Å². The van der Waals surface area contributed by atoms with Crippen molar-refractivity contribution in [2.24, 2.45) is 0 Å². The van der Waals surface area contributed by atoms with Crippen LogP contribution in [0.25, 0.3) is 0 Å². The third-order valence-corrected chi connectivity index (χ3v) is 4.73. The van der Waals surface area contributed by atoms with Crippen LogP contribution < -0.4 is 4.74 Å². The quantitative estimate of drug-likeness (QED) is 0.775. The molecule has 1 aromatic rings. The summed E-state index contributed by atoms with van der Waals surface area (Å²) in [5.41, 5.74) is 1.30. The maximum Gasteiger partial charge on any atom is 0.123 e. The lowest BCUT2D eigenvalue weighted by molar-refractivity contribution is 0.233. The van der Waals surface area contributed by atoms with Crippen LogP contribution in [0.3, 0.4) is 0 Å². The minimum Gasteiger partial charge on any atom is -0.496 e. The van der Waals surface area contributed by atoms with E-state index in [0.717, 1.165) is 30.9 Å². The number of hydrogen-bond donors (Lipinski definition) is 0. The highest BCUT2D eigenvalue weighted by atomic mass is 32.2. The van der Waals surface area contributed by atoms with Crippen molar-refractivity contribution < 1.29 is 4.74 Å². The summed E-state index contributed by atoms with van der Waals surface area (Å²) in [6, 6.07) is 8.96. The van der Waals surface area contributed by atoms with E-state index in [1.54, 1.807) is 7.11 Å². The molecule has 0 aromatic heterocycles. The van der Waals surface area contributed by atoms with E-state index in [2.05, 4.69) is 24.0 Å². The number of methoxy groups -OCH3 is 1. The maximum absolute atomic E-state index is 8.97. The molecule has 0 saturated heterocycles. The van der Waals surface area contributed by atoms with Gasteiger partial charge < -0.3 is 4.74 Å². The van der Waals surface area contributed by atoms with Crippen LogP contribution in [0.4, 0.5) is 0 Å². The SMILES string of the molecule is CCCN(CC#N)C1CSc2cccc(OC)c2C1. The second-order valence-electron chi connectivity index (χ2n) is 4.73. The Hall–Kier alpha value is -1.18. The Morgan fingerprint density at radius 2 is 2.37 bits per heavy atom. The van der Waals surface area contributed by atoms with E-state index >= 15 is 0 Å². The Labute approximate surface area is 119 Å². The van der Waals surface area contributed by atoms with Gasteiger partial charge in [-0.3, -0.25) is 4.90 Å². The molecule has 3 nitrogen and oxygen atoms in total. The van der Waals surface area contributed by atoms with Crippen molar-refractivity contribution >= 4 is 11.8 Å². The molecule has 1 unspecified atom stereocenters. The zero-order valence-corrected chi connectivity index (χ0v) is 12.4. The number of nitrogens with zero attached hydrogens (tertiary/aromatic N) is 2. The van der Waals surface area contributed by atoms with Crippen LogP contribution in [0.1, 0.15) is 18.9 Å². The summed E-state index contributed by atoms with van der Waals surface area (Å²) in [5.74, 6) is 2.03. The molecule has 0 N–H and O–H groups in total. The predicted octanol–water partition coefficient (Wildman–Crippen LogP) is 2.95. The molecule has 19 heavy (non-hydrogen) atoms. The van der Waals surface area contributed by atoms with Gasteiger partial charge >= 0.3 is 0 Å². The molecule has 1 aliphatic rings. The van der Waals surface area contributed by atoms with Crippen LogP contribution in [-0.2, 0) is 6.42 Å². The van der Waals surface area contributed by atoms with E-state index in [0.29, 0.717) is 12.6 Å². The predicted molar refractivity (Wildman–Crippen MR) is 78.7 cm³/mol. The van der Waals surface area contributed by atoms with Crippen molar-refractivity contribution in [3.05, 3.63) is 23.8 Å². The van der Waals surface area contributed by atoms with Gasteiger partial charge in [-0.05, 0) is 31.5 Å².